The molecule has 0 spiro atoms. The first-order valence-corrected chi connectivity index (χ1v) is 5.33. The standard InChI is InChI=1S/C10H4BrF4NO/c11-3-8(17)9-5(4-16)1-6(12)2-7(9)10(13,14)15/h1-2H,3H2. The van der Waals surface area contributed by atoms with Crippen LogP contribution in [-0.2, 0) is 6.18 Å². The number of halogens is 5. The molecule has 0 N–H and O–H groups in total. The third-order valence-electron chi connectivity index (χ3n) is 1.93. The number of alkyl halides is 4. The molecule has 0 aliphatic carbocycles. The van der Waals surface area contributed by atoms with Gasteiger partial charge >= 0.3 is 6.18 Å². The highest BCUT2D eigenvalue weighted by molar-refractivity contribution is 9.09. The van der Waals surface area contributed by atoms with Gasteiger partial charge in [-0.3, -0.25) is 4.79 Å². The lowest BCUT2D eigenvalue weighted by Crippen LogP contribution is -2.16. The van der Waals surface area contributed by atoms with Gasteiger partial charge < -0.3 is 0 Å². The largest absolute Gasteiger partial charge is 0.417 e. The summed E-state index contributed by atoms with van der Waals surface area (Å²) in [6.07, 6.45) is -4.89. The smallest absolute Gasteiger partial charge is 0.293 e. The molecule has 0 atom stereocenters. The molecule has 90 valence electrons. The predicted molar refractivity (Wildman–Crippen MR) is 54.2 cm³/mol. The minimum absolute atomic E-state index is 0.205. The monoisotopic (exact) mass is 309 g/mol. The molecule has 0 saturated carbocycles. The van der Waals surface area contributed by atoms with E-state index >= 15 is 0 Å². The molecule has 0 aromatic heterocycles. The van der Waals surface area contributed by atoms with Crippen molar-refractivity contribution in [2.75, 3.05) is 5.33 Å². The Balaban J connectivity index is 3.63. The van der Waals surface area contributed by atoms with Gasteiger partial charge in [0.1, 0.15) is 11.9 Å². The van der Waals surface area contributed by atoms with E-state index in [-0.39, 0.29) is 11.4 Å². The average Bonchev–Trinajstić information content (AvgIpc) is 2.25. The summed E-state index contributed by atoms with van der Waals surface area (Å²) in [4.78, 5) is 11.4. The summed E-state index contributed by atoms with van der Waals surface area (Å²) in [7, 11) is 0. The first kappa shape index (κ1) is 13.6. The third kappa shape index (κ3) is 2.82. The highest BCUT2D eigenvalue weighted by Gasteiger charge is 2.37. The van der Waals surface area contributed by atoms with Gasteiger partial charge in [-0.15, -0.1) is 0 Å². The van der Waals surface area contributed by atoms with Gasteiger partial charge in [-0.1, -0.05) is 15.9 Å². The van der Waals surface area contributed by atoms with E-state index in [4.69, 9.17) is 5.26 Å². The van der Waals surface area contributed by atoms with E-state index in [9.17, 15) is 22.4 Å². The second kappa shape index (κ2) is 4.84. The Hall–Kier alpha value is -1.42. The van der Waals surface area contributed by atoms with E-state index in [1.807, 2.05) is 0 Å². The summed E-state index contributed by atoms with van der Waals surface area (Å²) in [6, 6.07) is 2.19. The van der Waals surface area contributed by atoms with Crippen LogP contribution in [0.25, 0.3) is 0 Å². The summed E-state index contributed by atoms with van der Waals surface area (Å²) in [6.45, 7) is 0. The number of hydrogen-bond donors (Lipinski definition) is 0. The van der Waals surface area contributed by atoms with Crippen LogP contribution < -0.4 is 0 Å². The van der Waals surface area contributed by atoms with Crippen LogP contribution in [0.5, 0.6) is 0 Å². The maximum Gasteiger partial charge on any atom is 0.417 e. The lowest BCUT2D eigenvalue weighted by molar-refractivity contribution is -0.138. The minimum atomic E-state index is -4.89. The highest BCUT2D eigenvalue weighted by atomic mass is 79.9. The van der Waals surface area contributed by atoms with Gasteiger partial charge in [0.15, 0.2) is 5.78 Å². The van der Waals surface area contributed by atoms with Crippen molar-refractivity contribution in [3.63, 3.8) is 0 Å². The van der Waals surface area contributed by atoms with E-state index in [0.29, 0.717) is 6.07 Å². The Kier molecular flexibility index (Phi) is 3.88. The fourth-order valence-corrected chi connectivity index (χ4v) is 1.57. The number of nitrogens with zero attached hydrogens (tertiary/aromatic N) is 1. The molecule has 1 rings (SSSR count). The van der Waals surface area contributed by atoms with Crippen LogP contribution in [-0.4, -0.2) is 11.1 Å². The van der Waals surface area contributed by atoms with E-state index in [1.54, 1.807) is 0 Å². The molecule has 0 bridgehead atoms. The molecule has 0 fully saturated rings. The number of ketones is 1. The van der Waals surface area contributed by atoms with E-state index in [1.165, 1.54) is 6.07 Å². The molecule has 7 heteroatoms. The van der Waals surface area contributed by atoms with Gasteiger partial charge in [-0.05, 0) is 12.1 Å². The second-order valence-electron chi connectivity index (χ2n) is 3.04. The summed E-state index contributed by atoms with van der Waals surface area (Å²) >= 11 is 2.71. The van der Waals surface area contributed by atoms with Gasteiger partial charge in [0.2, 0.25) is 0 Å². The van der Waals surface area contributed by atoms with Crippen molar-refractivity contribution in [2.24, 2.45) is 0 Å². The number of nitriles is 1. The molecule has 0 heterocycles. The van der Waals surface area contributed by atoms with Gasteiger partial charge in [0, 0.05) is 5.56 Å². The van der Waals surface area contributed by atoms with Crippen LogP contribution in [0.15, 0.2) is 12.1 Å². The van der Waals surface area contributed by atoms with Crippen LogP contribution in [0.2, 0.25) is 0 Å². The quantitative estimate of drug-likeness (QED) is 0.478. The van der Waals surface area contributed by atoms with Gasteiger partial charge in [0.05, 0.1) is 16.5 Å². The molecule has 17 heavy (non-hydrogen) atoms. The van der Waals surface area contributed by atoms with Crippen LogP contribution in [0, 0.1) is 17.1 Å². The van der Waals surface area contributed by atoms with E-state index in [2.05, 4.69) is 15.9 Å². The van der Waals surface area contributed by atoms with Crippen molar-refractivity contribution in [1.29, 1.82) is 5.26 Å². The summed E-state index contributed by atoms with van der Waals surface area (Å²) in [5.74, 6) is -2.13. The third-order valence-corrected chi connectivity index (χ3v) is 2.44. The highest BCUT2D eigenvalue weighted by Crippen LogP contribution is 2.34. The molecule has 1 aromatic carbocycles. The minimum Gasteiger partial charge on any atom is -0.293 e. The Morgan fingerprint density at radius 2 is 2.00 bits per heavy atom. The van der Waals surface area contributed by atoms with Crippen LogP contribution >= 0.6 is 15.9 Å². The molecular formula is C10H4BrF4NO. The summed E-state index contributed by atoms with van der Waals surface area (Å²) in [5.41, 5.74) is -2.86. The Labute approximate surface area is 102 Å². The zero-order chi connectivity index (χ0) is 13.2. The SMILES string of the molecule is N#Cc1cc(F)cc(C(F)(F)F)c1C(=O)CBr. The van der Waals surface area contributed by atoms with Crippen molar-refractivity contribution < 1.29 is 22.4 Å². The Morgan fingerprint density at radius 1 is 1.41 bits per heavy atom. The number of carbonyl (C=O) groups excluding carboxylic acids is 1. The van der Waals surface area contributed by atoms with Gasteiger partial charge in [0.25, 0.3) is 0 Å². The Bertz CT molecular complexity index is 504. The summed E-state index contributed by atoms with van der Waals surface area (Å²) < 4.78 is 50.7. The number of hydrogen-bond acceptors (Lipinski definition) is 2. The zero-order valence-electron chi connectivity index (χ0n) is 8.11. The maximum absolute atomic E-state index is 12.9. The molecular weight excluding hydrogens is 306 g/mol. The molecule has 0 amide bonds. The lowest BCUT2D eigenvalue weighted by atomic mass is 9.98. The van der Waals surface area contributed by atoms with Crippen LogP contribution in [0.4, 0.5) is 17.6 Å². The van der Waals surface area contributed by atoms with Crippen molar-refractivity contribution in [3.05, 3.63) is 34.6 Å². The topological polar surface area (TPSA) is 40.9 Å². The number of benzene rings is 1. The van der Waals surface area contributed by atoms with Crippen molar-refractivity contribution >= 4 is 21.7 Å². The molecule has 0 saturated heterocycles. The van der Waals surface area contributed by atoms with Crippen LogP contribution in [0.1, 0.15) is 21.5 Å². The van der Waals surface area contributed by atoms with Crippen molar-refractivity contribution in [3.8, 4) is 6.07 Å². The first-order valence-electron chi connectivity index (χ1n) is 4.21. The van der Waals surface area contributed by atoms with E-state index < -0.39 is 34.5 Å². The van der Waals surface area contributed by atoms with Gasteiger partial charge in [-0.25, -0.2) is 4.39 Å². The lowest BCUT2D eigenvalue weighted by Gasteiger charge is -2.12. The first-order chi connectivity index (χ1) is 7.81. The average molecular weight is 310 g/mol. The maximum atomic E-state index is 12.9. The molecule has 2 nitrogen and oxygen atoms in total. The number of rotatable bonds is 2. The second-order valence-corrected chi connectivity index (χ2v) is 3.60. The molecule has 1 aromatic rings. The van der Waals surface area contributed by atoms with Crippen molar-refractivity contribution in [2.45, 2.75) is 6.18 Å². The Morgan fingerprint density at radius 3 is 2.41 bits per heavy atom. The fraction of sp³-hybridized carbons (Fsp3) is 0.200. The molecule has 0 radical (unpaired) electrons. The number of carbonyl (C=O) groups is 1. The fourth-order valence-electron chi connectivity index (χ4n) is 1.29. The summed E-state index contributed by atoms with van der Waals surface area (Å²) in [5, 5.41) is 8.25. The molecule has 0 unspecified atom stereocenters. The normalized spacial score (nSPS) is 11.1. The van der Waals surface area contributed by atoms with Crippen LogP contribution in [0.3, 0.4) is 0 Å². The van der Waals surface area contributed by atoms with E-state index in [0.717, 1.165) is 0 Å². The zero-order valence-corrected chi connectivity index (χ0v) is 9.69. The molecule has 0 aliphatic heterocycles. The predicted octanol–water partition coefficient (Wildman–Crippen LogP) is 3.29. The van der Waals surface area contributed by atoms with Crippen molar-refractivity contribution in [1.82, 2.24) is 0 Å². The molecule has 0 aliphatic rings. The number of Topliss-reactive ketones (excluding diaryl/α,β-unsaturated/α-hetero) is 1. The van der Waals surface area contributed by atoms with Gasteiger partial charge in [-0.2, -0.15) is 18.4 Å².